The predicted molar refractivity (Wildman–Crippen MR) is 159 cm³/mol. The summed E-state index contributed by atoms with van der Waals surface area (Å²) in [5, 5.41) is 34.1. The lowest BCUT2D eigenvalue weighted by Gasteiger charge is -2.14. The summed E-state index contributed by atoms with van der Waals surface area (Å²) in [4.78, 5) is 49.2. The molecule has 0 saturated carbocycles. The van der Waals surface area contributed by atoms with Crippen molar-refractivity contribution in [1.29, 1.82) is 0 Å². The van der Waals surface area contributed by atoms with Crippen molar-refractivity contribution in [3.63, 3.8) is 0 Å². The summed E-state index contributed by atoms with van der Waals surface area (Å²) < 4.78 is 0. The fourth-order valence-corrected chi connectivity index (χ4v) is 4.79. The van der Waals surface area contributed by atoms with Crippen molar-refractivity contribution in [2.45, 2.75) is 0 Å². The maximum Gasteiger partial charge on any atom is 0.280 e. The molecule has 1 atom stereocenters. The molecule has 2 amide bonds. The third-order valence-corrected chi connectivity index (χ3v) is 6.92. The van der Waals surface area contributed by atoms with Crippen molar-refractivity contribution in [1.82, 2.24) is 0 Å². The van der Waals surface area contributed by atoms with E-state index in [1.54, 1.807) is 60.7 Å². The van der Waals surface area contributed by atoms with Gasteiger partial charge in [-0.2, -0.15) is 20.2 Å². The second-order valence-corrected chi connectivity index (χ2v) is 9.54. The number of benzene rings is 4. The second kappa shape index (κ2) is 10.9. The molecule has 12 nitrogen and oxygen atoms in total. The van der Waals surface area contributed by atoms with Gasteiger partial charge in [-0.15, -0.1) is 0 Å². The molecule has 210 valence electrons. The summed E-state index contributed by atoms with van der Waals surface area (Å²) in [6, 6.07) is 28.7. The van der Waals surface area contributed by atoms with Crippen LogP contribution in [0.2, 0.25) is 0 Å². The quantitative estimate of drug-likeness (QED) is 0.168. The lowest BCUT2D eigenvalue weighted by atomic mass is 9.91. The van der Waals surface area contributed by atoms with Gasteiger partial charge in [-0.05, 0) is 54.1 Å². The summed E-state index contributed by atoms with van der Waals surface area (Å²) >= 11 is 0. The van der Waals surface area contributed by atoms with E-state index in [1.807, 2.05) is 0 Å². The Morgan fingerprint density at radius 1 is 0.628 bits per heavy atom. The van der Waals surface area contributed by atoms with Gasteiger partial charge in [0.05, 0.1) is 32.5 Å². The number of para-hydroxylation sites is 2. The largest absolute Gasteiger partial charge is 0.280 e. The molecule has 43 heavy (non-hydrogen) atoms. The van der Waals surface area contributed by atoms with Crippen LogP contribution in [-0.2, 0) is 9.59 Å². The highest BCUT2D eigenvalue weighted by Crippen LogP contribution is 2.33. The number of carbonyl (C=O) groups excluding carboxylic acids is 2. The van der Waals surface area contributed by atoms with E-state index >= 15 is 0 Å². The van der Waals surface area contributed by atoms with Crippen LogP contribution in [0.25, 0.3) is 0 Å². The monoisotopic (exact) mass is 572 g/mol. The molecule has 6 rings (SSSR count). The number of non-ortho nitro benzene ring substituents is 2. The number of hydrogen-bond acceptors (Lipinski definition) is 8. The van der Waals surface area contributed by atoms with Crippen molar-refractivity contribution in [2.24, 2.45) is 16.1 Å². The van der Waals surface area contributed by atoms with Crippen LogP contribution >= 0.6 is 0 Å². The molecule has 0 aliphatic carbocycles. The van der Waals surface area contributed by atoms with E-state index in [2.05, 4.69) is 10.2 Å². The van der Waals surface area contributed by atoms with Gasteiger partial charge in [-0.1, -0.05) is 42.5 Å². The first-order chi connectivity index (χ1) is 20.8. The van der Waals surface area contributed by atoms with E-state index in [0.717, 1.165) is 0 Å². The van der Waals surface area contributed by atoms with Crippen LogP contribution in [0.3, 0.4) is 0 Å². The number of rotatable bonds is 7. The number of nitrogens with zero attached hydrogens (tertiary/aromatic N) is 6. The van der Waals surface area contributed by atoms with Crippen molar-refractivity contribution >= 4 is 46.0 Å². The van der Waals surface area contributed by atoms with Gasteiger partial charge in [0.1, 0.15) is 11.6 Å². The second-order valence-electron chi connectivity index (χ2n) is 9.54. The SMILES string of the molecule is O=C1/C(=C/[C@H]2C(=O)N(c3ccccc3)N=C2c2ccc([N+](=O)[O-])cc2)C(c2ccc([N+](=O)[O-])cc2)=NN1c1ccccc1. The number of anilines is 2. The highest BCUT2D eigenvalue weighted by molar-refractivity contribution is 6.36. The molecule has 0 saturated heterocycles. The number of amides is 2. The first-order valence-corrected chi connectivity index (χ1v) is 13.0. The molecule has 4 aromatic carbocycles. The molecule has 0 aromatic heterocycles. The van der Waals surface area contributed by atoms with E-state index in [-0.39, 0.29) is 28.4 Å². The van der Waals surface area contributed by atoms with Gasteiger partial charge in [-0.3, -0.25) is 29.8 Å². The third-order valence-electron chi connectivity index (χ3n) is 6.92. The van der Waals surface area contributed by atoms with Crippen molar-refractivity contribution in [3.8, 4) is 0 Å². The minimum atomic E-state index is -1.06. The topological polar surface area (TPSA) is 152 Å². The Labute approximate surface area is 243 Å². The van der Waals surface area contributed by atoms with Gasteiger partial charge in [0.15, 0.2) is 0 Å². The van der Waals surface area contributed by atoms with Crippen LogP contribution in [0.1, 0.15) is 11.1 Å². The zero-order chi connectivity index (χ0) is 30.1. The van der Waals surface area contributed by atoms with Gasteiger partial charge in [0, 0.05) is 29.8 Å². The zero-order valence-corrected chi connectivity index (χ0v) is 22.2. The van der Waals surface area contributed by atoms with Gasteiger partial charge in [0.2, 0.25) is 0 Å². The molecule has 0 N–H and O–H groups in total. The van der Waals surface area contributed by atoms with Crippen molar-refractivity contribution in [2.75, 3.05) is 10.0 Å². The van der Waals surface area contributed by atoms with E-state index in [0.29, 0.717) is 22.5 Å². The van der Waals surface area contributed by atoms with Crippen LogP contribution in [0.15, 0.2) is 131 Å². The molecule has 4 aromatic rings. The smallest absolute Gasteiger partial charge is 0.271 e. The fourth-order valence-electron chi connectivity index (χ4n) is 4.79. The molecule has 0 fully saturated rings. The molecule has 2 heterocycles. The highest BCUT2D eigenvalue weighted by Gasteiger charge is 2.40. The first kappa shape index (κ1) is 26.9. The summed E-state index contributed by atoms with van der Waals surface area (Å²) in [6.07, 6.45) is 1.48. The number of carbonyl (C=O) groups is 2. The van der Waals surface area contributed by atoms with Gasteiger partial charge in [0.25, 0.3) is 23.2 Å². The molecule has 12 heteroatoms. The molecular formula is C31H20N6O6. The summed E-state index contributed by atoms with van der Waals surface area (Å²) in [5.74, 6) is -2.01. The third kappa shape index (κ3) is 5.04. The number of nitro groups is 2. The minimum absolute atomic E-state index is 0.0978. The van der Waals surface area contributed by atoms with E-state index in [4.69, 9.17) is 0 Å². The predicted octanol–water partition coefficient (Wildman–Crippen LogP) is 5.25. The number of hydrazone groups is 2. The van der Waals surface area contributed by atoms with E-state index in [1.165, 1.54) is 64.6 Å². The molecule has 2 aliphatic rings. The maximum absolute atomic E-state index is 13.9. The van der Waals surface area contributed by atoms with Crippen molar-refractivity contribution < 1.29 is 19.4 Å². The Morgan fingerprint density at radius 2 is 1.12 bits per heavy atom. The molecule has 0 radical (unpaired) electrons. The molecule has 0 unspecified atom stereocenters. The van der Waals surface area contributed by atoms with E-state index in [9.17, 15) is 29.8 Å². The number of hydrogen-bond donors (Lipinski definition) is 0. The van der Waals surface area contributed by atoms with Gasteiger partial charge >= 0.3 is 0 Å². The Kier molecular flexibility index (Phi) is 6.84. The van der Waals surface area contributed by atoms with Gasteiger partial charge < -0.3 is 0 Å². The Balaban J connectivity index is 1.48. The summed E-state index contributed by atoms with van der Waals surface area (Å²) in [6.45, 7) is 0. The Morgan fingerprint density at radius 3 is 1.63 bits per heavy atom. The Hall–Kier alpha value is -6.30. The normalized spacial score (nSPS) is 17.3. The van der Waals surface area contributed by atoms with E-state index < -0.39 is 27.6 Å². The molecular weight excluding hydrogens is 552 g/mol. The van der Waals surface area contributed by atoms with Crippen LogP contribution in [0.4, 0.5) is 22.7 Å². The standard InChI is InChI=1S/C31H20N6O6/c38-30-26(28(20-11-15-24(16-12-20)36(40)41)32-34(30)22-7-3-1-4-8-22)19-27-29(21-13-17-25(18-14-21)37(42)43)33-35(31(27)39)23-9-5-2-6-10-23/h1-19,26H/b27-19+/t26-/m1/s1. The van der Waals surface area contributed by atoms with Gasteiger partial charge in [-0.25, -0.2) is 0 Å². The lowest BCUT2D eigenvalue weighted by Crippen LogP contribution is -2.28. The van der Waals surface area contributed by atoms with Crippen LogP contribution < -0.4 is 10.0 Å². The zero-order valence-electron chi connectivity index (χ0n) is 22.2. The lowest BCUT2D eigenvalue weighted by molar-refractivity contribution is -0.385. The molecule has 2 aliphatic heterocycles. The van der Waals surface area contributed by atoms with Crippen LogP contribution in [-0.4, -0.2) is 33.1 Å². The minimum Gasteiger partial charge on any atom is -0.271 e. The average molecular weight is 573 g/mol. The fraction of sp³-hybridized carbons (Fsp3) is 0.0323. The Bertz CT molecular complexity index is 1850. The van der Waals surface area contributed by atoms with Crippen LogP contribution in [0, 0.1) is 26.1 Å². The van der Waals surface area contributed by atoms with Crippen LogP contribution in [0.5, 0.6) is 0 Å². The molecule has 0 bridgehead atoms. The first-order valence-electron chi connectivity index (χ1n) is 13.0. The summed E-state index contributed by atoms with van der Waals surface area (Å²) in [7, 11) is 0. The maximum atomic E-state index is 13.9. The summed E-state index contributed by atoms with van der Waals surface area (Å²) in [5.41, 5.74) is 2.23. The van der Waals surface area contributed by atoms with Crippen molar-refractivity contribution in [3.05, 3.63) is 152 Å². The highest BCUT2D eigenvalue weighted by atomic mass is 16.6. The number of nitro benzene ring substituents is 2. The molecule has 0 spiro atoms. The average Bonchev–Trinajstić information content (AvgIpc) is 3.54.